The molecule has 1 aromatic rings. The molecule has 0 amide bonds. The number of nitrogens with zero attached hydrogens (tertiary/aromatic N) is 1. The molecule has 23 heavy (non-hydrogen) atoms. The first-order valence-electron chi connectivity index (χ1n) is 7.69. The Morgan fingerprint density at radius 3 is 2.96 bits per heavy atom. The van der Waals surface area contributed by atoms with Gasteiger partial charge < -0.3 is 10.1 Å². The zero-order valence-corrected chi connectivity index (χ0v) is 14.8. The molecule has 0 spiro atoms. The average Bonchev–Trinajstić information content (AvgIpc) is 3.01. The molecule has 0 aliphatic heterocycles. The van der Waals surface area contributed by atoms with Crippen molar-refractivity contribution in [3.63, 3.8) is 0 Å². The first-order chi connectivity index (χ1) is 11.1. The third-order valence-electron chi connectivity index (χ3n) is 3.08. The number of nitrogens with one attached hydrogen (secondary N) is 1. The molecule has 0 saturated carbocycles. The quantitative estimate of drug-likeness (QED) is 0.324. The van der Waals surface area contributed by atoms with E-state index in [9.17, 15) is 4.79 Å². The second-order valence-corrected chi connectivity index (χ2v) is 6.08. The topological polar surface area (TPSA) is 51.2 Å². The maximum Gasteiger partial charge on any atom is 0.357 e. The largest absolute Gasteiger partial charge is 0.461 e. The number of allylic oxidation sites excluding steroid dienone is 4. The van der Waals surface area contributed by atoms with Gasteiger partial charge in [0, 0.05) is 11.9 Å². The van der Waals surface area contributed by atoms with Crippen LogP contribution in [0.15, 0.2) is 28.7 Å². The van der Waals surface area contributed by atoms with E-state index in [1.165, 1.54) is 16.9 Å². The SMILES string of the molecule is C#C/C(C)=C\C=C(/C)CCCNCc1nc(C(=O)OCC)cs1. The van der Waals surface area contributed by atoms with Crippen LogP contribution >= 0.6 is 11.3 Å². The fraction of sp³-hybridized carbons (Fsp3) is 0.444. The summed E-state index contributed by atoms with van der Waals surface area (Å²) in [6.45, 7) is 7.75. The highest BCUT2D eigenvalue weighted by atomic mass is 32.1. The van der Waals surface area contributed by atoms with Crippen LogP contribution in [0.4, 0.5) is 0 Å². The summed E-state index contributed by atoms with van der Waals surface area (Å²) in [5, 5.41) is 5.97. The second-order valence-electron chi connectivity index (χ2n) is 5.13. The third-order valence-corrected chi connectivity index (χ3v) is 3.93. The number of carbonyl (C=O) groups is 1. The lowest BCUT2D eigenvalue weighted by Crippen LogP contribution is -2.15. The number of terminal acetylenes is 1. The Balaban J connectivity index is 2.25. The Morgan fingerprint density at radius 2 is 2.26 bits per heavy atom. The molecule has 1 aromatic heterocycles. The molecule has 1 N–H and O–H groups in total. The zero-order valence-electron chi connectivity index (χ0n) is 14.0. The van der Waals surface area contributed by atoms with Crippen molar-refractivity contribution in [1.29, 1.82) is 0 Å². The number of thiazole rings is 1. The number of carbonyl (C=O) groups excluding carboxylic acids is 1. The number of rotatable bonds is 9. The Hall–Kier alpha value is -1.90. The van der Waals surface area contributed by atoms with Gasteiger partial charge in [0.25, 0.3) is 0 Å². The van der Waals surface area contributed by atoms with Gasteiger partial charge in [-0.2, -0.15) is 0 Å². The molecule has 0 unspecified atom stereocenters. The Labute approximate surface area is 142 Å². The third kappa shape index (κ3) is 7.78. The van der Waals surface area contributed by atoms with E-state index >= 15 is 0 Å². The molecule has 0 aliphatic carbocycles. The number of ether oxygens (including phenoxy) is 1. The standard InChI is InChI=1S/C18H24N2O2S/c1-5-14(3)9-10-15(4)8-7-11-19-12-17-20-16(13-23-17)18(21)22-6-2/h1,9-10,13,19H,6-8,11-12H2,2-4H3/b14-9-,15-10+. The lowest BCUT2D eigenvalue weighted by atomic mass is 10.1. The molecule has 0 bridgehead atoms. The van der Waals surface area contributed by atoms with E-state index in [0.29, 0.717) is 18.8 Å². The minimum absolute atomic E-state index is 0.355. The molecule has 4 nitrogen and oxygen atoms in total. The maximum absolute atomic E-state index is 11.5. The van der Waals surface area contributed by atoms with Crippen molar-refractivity contribution < 1.29 is 9.53 Å². The molecule has 0 atom stereocenters. The van der Waals surface area contributed by atoms with E-state index in [4.69, 9.17) is 11.2 Å². The van der Waals surface area contributed by atoms with E-state index in [0.717, 1.165) is 30.0 Å². The van der Waals surface area contributed by atoms with Crippen LogP contribution in [0.5, 0.6) is 0 Å². The summed E-state index contributed by atoms with van der Waals surface area (Å²) in [4.78, 5) is 15.8. The fourth-order valence-corrected chi connectivity index (χ4v) is 2.51. The second kappa shape index (κ2) is 10.8. The summed E-state index contributed by atoms with van der Waals surface area (Å²) < 4.78 is 4.92. The molecule has 0 fully saturated rings. The van der Waals surface area contributed by atoms with Crippen molar-refractivity contribution >= 4 is 17.3 Å². The van der Waals surface area contributed by atoms with Crippen LogP contribution in [0, 0.1) is 12.3 Å². The first-order valence-corrected chi connectivity index (χ1v) is 8.57. The van der Waals surface area contributed by atoms with Crippen molar-refractivity contribution in [2.24, 2.45) is 0 Å². The molecule has 124 valence electrons. The summed E-state index contributed by atoms with van der Waals surface area (Å²) in [6.07, 6.45) is 11.4. The van der Waals surface area contributed by atoms with Gasteiger partial charge in [-0.1, -0.05) is 23.6 Å². The molecular weight excluding hydrogens is 308 g/mol. The van der Waals surface area contributed by atoms with Crippen molar-refractivity contribution in [2.45, 2.75) is 40.2 Å². The monoisotopic (exact) mass is 332 g/mol. The number of aromatic nitrogens is 1. The molecule has 0 radical (unpaired) electrons. The minimum atomic E-state index is -0.355. The molecule has 1 rings (SSSR count). The van der Waals surface area contributed by atoms with E-state index in [1.54, 1.807) is 12.3 Å². The van der Waals surface area contributed by atoms with Crippen molar-refractivity contribution in [3.8, 4) is 12.3 Å². The van der Waals surface area contributed by atoms with Crippen LogP contribution in [0.3, 0.4) is 0 Å². The van der Waals surface area contributed by atoms with E-state index in [2.05, 4.69) is 29.2 Å². The van der Waals surface area contributed by atoms with Crippen LogP contribution in [0.1, 0.15) is 49.1 Å². The van der Waals surface area contributed by atoms with Crippen LogP contribution in [-0.4, -0.2) is 24.1 Å². The van der Waals surface area contributed by atoms with Gasteiger partial charge in [0.05, 0.1) is 6.61 Å². The van der Waals surface area contributed by atoms with Gasteiger partial charge in [-0.3, -0.25) is 0 Å². The number of esters is 1. The van der Waals surface area contributed by atoms with Crippen LogP contribution in [0.25, 0.3) is 0 Å². The first kappa shape index (κ1) is 19.1. The highest BCUT2D eigenvalue weighted by Crippen LogP contribution is 2.11. The van der Waals surface area contributed by atoms with Crippen LogP contribution in [0.2, 0.25) is 0 Å². The van der Waals surface area contributed by atoms with Gasteiger partial charge in [-0.25, -0.2) is 9.78 Å². The smallest absolute Gasteiger partial charge is 0.357 e. The molecule has 0 aliphatic rings. The maximum atomic E-state index is 11.5. The number of hydrogen-bond acceptors (Lipinski definition) is 5. The lowest BCUT2D eigenvalue weighted by Gasteiger charge is -2.03. The van der Waals surface area contributed by atoms with E-state index < -0.39 is 0 Å². The molecule has 1 heterocycles. The van der Waals surface area contributed by atoms with Gasteiger partial charge in [-0.05, 0) is 45.7 Å². The van der Waals surface area contributed by atoms with Gasteiger partial charge in [-0.15, -0.1) is 17.8 Å². The highest BCUT2D eigenvalue weighted by Gasteiger charge is 2.10. The van der Waals surface area contributed by atoms with E-state index in [1.807, 2.05) is 13.0 Å². The highest BCUT2D eigenvalue weighted by molar-refractivity contribution is 7.09. The Bertz CT molecular complexity index is 609. The molecule has 0 saturated heterocycles. The summed E-state index contributed by atoms with van der Waals surface area (Å²) in [5.74, 6) is 2.24. The van der Waals surface area contributed by atoms with Crippen LogP contribution < -0.4 is 5.32 Å². The average molecular weight is 332 g/mol. The van der Waals surface area contributed by atoms with Crippen molar-refractivity contribution in [3.05, 3.63) is 39.4 Å². The summed E-state index contributed by atoms with van der Waals surface area (Å²) in [5.41, 5.74) is 2.63. The number of hydrogen-bond donors (Lipinski definition) is 1. The fourth-order valence-electron chi connectivity index (χ4n) is 1.78. The Morgan fingerprint density at radius 1 is 1.48 bits per heavy atom. The molecular formula is C18H24N2O2S. The minimum Gasteiger partial charge on any atom is -0.461 e. The lowest BCUT2D eigenvalue weighted by molar-refractivity contribution is 0.0520. The van der Waals surface area contributed by atoms with Crippen molar-refractivity contribution in [1.82, 2.24) is 10.3 Å². The normalized spacial score (nSPS) is 12.1. The van der Waals surface area contributed by atoms with Gasteiger partial charge in [0.15, 0.2) is 5.69 Å². The van der Waals surface area contributed by atoms with E-state index in [-0.39, 0.29) is 5.97 Å². The summed E-state index contributed by atoms with van der Waals surface area (Å²) in [7, 11) is 0. The summed E-state index contributed by atoms with van der Waals surface area (Å²) >= 11 is 1.47. The van der Waals surface area contributed by atoms with Crippen LogP contribution in [-0.2, 0) is 11.3 Å². The van der Waals surface area contributed by atoms with Gasteiger partial charge >= 0.3 is 5.97 Å². The summed E-state index contributed by atoms with van der Waals surface area (Å²) in [6, 6.07) is 0. The van der Waals surface area contributed by atoms with Crippen molar-refractivity contribution in [2.75, 3.05) is 13.2 Å². The molecule has 0 aromatic carbocycles. The predicted molar refractivity (Wildman–Crippen MR) is 95.4 cm³/mol. The van der Waals surface area contributed by atoms with Gasteiger partial charge in [0.1, 0.15) is 5.01 Å². The van der Waals surface area contributed by atoms with Gasteiger partial charge in [0.2, 0.25) is 0 Å². The zero-order chi connectivity index (χ0) is 17.1. The Kier molecular flexibility index (Phi) is 8.96. The predicted octanol–water partition coefficient (Wildman–Crippen LogP) is 3.72. The molecule has 5 heteroatoms.